The van der Waals surface area contributed by atoms with Crippen LogP contribution in [-0.4, -0.2) is 46.1 Å². The summed E-state index contributed by atoms with van der Waals surface area (Å²) in [6.45, 7) is 2.56. The van der Waals surface area contributed by atoms with E-state index in [1.54, 1.807) is 18.3 Å². The van der Waals surface area contributed by atoms with Gasteiger partial charge in [-0.15, -0.1) is 0 Å². The number of likely N-dealkylation sites (tertiary alicyclic amines) is 1. The number of nitrogens with zero attached hydrogens (tertiary/aromatic N) is 2. The number of aromatic nitrogens is 1. The fraction of sp³-hybridized carbons (Fsp3) is 0.478. The van der Waals surface area contributed by atoms with Gasteiger partial charge in [-0.2, -0.15) is 0 Å². The predicted molar refractivity (Wildman–Crippen MR) is 108 cm³/mol. The average Bonchev–Trinajstić information content (AvgIpc) is 3.08. The minimum atomic E-state index is -0.510. The van der Waals surface area contributed by atoms with Crippen LogP contribution in [0.4, 0.5) is 4.39 Å². The molecule has 2 fully saturated rings. The van der Waals surface area contributed by atoms with Crippen LogP contribution in [0.2, 0.25) is 0 Å². The van der Waals surface area contributed by atoms with Crippen molar-refractivity contribution in [1.82, 2.24) is 15.2 Å². The van der Waals surface area contributed by atoms with Gasteiger partial charge in [0.15, 0.2) is 0 Å². The van der Waals surface area contributed by atoms with E-state index in [0.717, 1.165) is 37.3 Å². The highest BCUT2D eigenvalue weighted by atomic mass is 19.1. The van der Waals surface area contributed by atoms with Gasteiger partial charge in [0.2, 0.25) is 5.91 Å². The molecule has 4 rings (SSSR count). The van der Waals surface area contributed by atoms with E-state index >= 15 is 0 Å². The first-order valence-corrected chi connectivity index (χ1v) is 10.4. The van der Waals surface area contributed by atoms with E-state index in [9.17, 15) is 14.3 Å². The zero-order valence-electron chi connectivity index (χ0n) is 16.5. The van der Waals surface area contributed by atoms with Crippen molar-refractivity contribution in [2.24, 2.45) is 11.8 Å². The van der Waals surface area contributed by atoms with Crippen molar-refractivity contribution in [3.63, 3.8) is 0 Å². The highest BCUT2D eigenvalue weighted by molar-refractivity contribution is 5.76. The lowest BCUT2D eigenvalue weighted by Gasteiger charge is -2.35. The maximum Gasteiger partial charge on any atom is 0.220 e. The summed E-state index contributed by atoms with van der Waals surface area (Å²) in [5, 5.41) is 13.6. The number of rotatable bonds is 6. The molecule has 29 heavy (non-hydrogen) atoms. The van der Waals surface area contributed by atoms with Crippen LogP contribution >= 0.6 is 0 Å². The molecule has 1 amide bonds. The molecular weight excluding hydrogens is 369 g/mol. The van der Waals surface area contributed by atoms with Crippen molar-refractivity contribution in [2.75, 3.05) is 13.1 Å². The number of carbonyl (C=O) groups excluding carboxylic acids is 1. The maximum absolute atomic E-state index is 13.4. The number of hydrogen-bond donors (Lipinski definition) is 2. The Balaban J connectivity index is 1.28. The molecule has 1 aliphatic carbocycles. The SMILES string of the molecule is O=C(CCc1ccccn1)N[C@H]1C[C@H]2CN(Cc3cccc(F)c3)C[C@H]2C[C@@H]1O. The molecule has 2 N–H and O–H groups in total. The van der Waals surface area contributed by atoms with Gasteiger partial charge in [-0.25, -0.2) is 4.39 Å². The summed E-state index contributed by atoms with van der Waals surface area (Å²) >= 11 is 0. The van der Waals surface area contributed by atoms with E-state index in [-0.39, 0.29) is 17.8 Å². The molecule has 1 saturated heterocycles. The van der Waals surface area contributed by atoms with E-state index in [2.05, 4.69) is 15.2 Å². The van der Waals surface area contributed by atoms with Gasteiger partial charge in [-0.05, 0) is 60.9 Å². The molecule has 0 unspecified atom stereocenters. The second kappa shape index (κ2) is 9.01. The zero-order valence-corrected chi connectivity index (χ0v) is 16.5. The van der Waals surface area contributed by atoms with Crippen LogP contribution in [-0.2, 0) is 17.8 Å². The molecule has 0 radical (unpaired) electrons. The fourth-order valence-electron chi connectivity index (χ4n) is 4.77. The normalized spacial score (nSPS) is 26.8. The number of hydrogen-bond acceptors (Lipinski definition) is 4. The lowest BCUT2D eigenvalue weighted by atomic mass is 9.77. The first-order chi connectivity index (χ1) is 14.1. The van der Waals surface area contributed by atoms with Crippen LogP contribution < -0.4 is 5.32 Å². The molecule has 1 aromatic carbocycles. The number of aryl methyl sites for hydroxylation is 1. The fourth-order valence-corrected chi connectivity index (χ4v) is 4.77. The summed E-state index contributed by atoms with van der Waals surface area (Å²) in [5.74, 6) is 0.643. The topological polar surface area (TPSA) is 65.5 Å². The van der Waals surface area contributed by atoms with Crippen LogP contribution in [0.15, 0.2) is 48.7 Å². The van der Waals surface area contributed by atoms with E-state index in [0.29, 0.717) is 31.1 Å². The van der Waals surface area contributed by atoms with Crippen molar-refractivity contribution in [3.8, 4) is 0 Å². The number of benzene rings is 1. The Morgan fingerprint density at radius 2 is 2.00 bits per heavy atom. The van der Waals surface area contributed by atoms with Gasteiger partial charge in [-0.1, -0.05) is 18.2 Å². The van der Waals surface area contributed by atoms with Gasteiger partial charge in [0.25, 0.3) is 0 Å². The molecule has 0 spiro atoms. The first-order valence-electron chi connectivity index (χ1n) is 10.4. The van der Waals surface area contributed by atoms with Crippen molar-refractivity contribution in [2.45, 2.75) is 44.4 Å². The van der Waals surface area contributed by atoms with Crippen molar-refractivity contribution >= 4 is 5.91 Å². The molecule has 6 heteroatoms. The second-order valence-electron chi connectivity index (χ2n) is 8.38. The molecule has 0 bridgehead atoms. The van der Waals surface area contributed by atoms with Crippen LogP contribution in [0.3, 0.4) is 0 Å². The molecule has 154 valence electrons. The molecule has 4 atom stereocenters. The Kier molecular flexibility index (Phi) is 6.21. The van der Waals surface area contributed by atoms with Crippen molar-refractivity contribution in [1.29, 1.82) is 0 Å². The summed E-state index contributed by atoms with van der Waals surface area (Å²) in [6.07, 6.45) is 3.69. The Hall–Kier alpha value is -2.31. The predicted octanol–water partition coefficient (Wildman–Crippen LogP) is 2.54. The minimum absolute atomic E-state index is 0.0345. The Morgan fingerprint density at radius 1 is 1.17 bits per heavy atom. The summed E-state index contributed by atoms with van der Waals surface area (Å²) in [6, 6.07) is 12.2. The van der Waals surface area contributed by atoms with Crippen molar-refractivity contribution in [3.05, 3.63) is 65.7 Å². The molecule has 1 saturated carbocycles. The smallest absolute Gasteiger partial charge is 0.220 e. The first kappa shape index (κ1) is 20.0. The average molecular weight is 397 g/mol. The molecule has 2 heterocycles. The summed E-state index contributed by atoms with van der Waals surface area (Å²) in [5.41, 5.74) is 1.87. The number of pyridine rings is 1. The van der Waals surface area contributed by atoms with E-state index < -0.39 is 6.10 Å². The molecule has 2 aliphatic rings. The standard InChI is InChI=1S/C23H28FN3O2/c24-19-5-3-4-16(10-19)13-27-14-17-11-21(22(28)12-18(17)15-27)26-23(29)8-7-20-6-1-2-9-25-20/h1-6,9-10,17-18,21-22,28H,7-8,11-15H2,(H,26,29)/t17-,18+,21-,22-/m0/s1. The number of fused-ring (bicyclic) bond motifs is 1. The van der Waals surface area contributed by atoms with Crippen molar-refractivity contribution < 1.29 is 14.3 Å². The summed E-state index contributed by atoms with van der Waals surface area (Å²) < 4.78 is 13.4. The minimum Gasteiger partial charge on any atom is -0.391 e. The third kappa shape index (κ3) is 5.19. The van der Waals surface area contributed by atoms with Gasteiger partial charge in [0.1, 0.15) is 5.82 Å². The van der Waals surface area contributed by atoms with Gasteiger partial charge in [-0.3, -0.25) is 14.7 Å². The highest BCUT2D eigenvalue weighted by Crippen LogP contribution is 2.37. The third-order valence-corrected chi connectivity index (χ3v) is 6.19. The number of carbonyl (C=O) groups is 1. The van der Waals surface area contributed by atoms with E-state index in [1.165, 1.54) is 6.07 Å². The largest absolute Gasteiger partial charge is 0.391 e. The van der Waals surface area contributed by atoms with E-state index in [4.69, 9.17) is 0 Å². The highest BCUT2D eigenvalue weighted by Gasteiger charge is 2.41. The Labute approximate surface area is 171 Å². The third-order valence-electron chi connectivity index (χ3n) is 6.19. The molecule has 2 aromatic rings. The Morgan fingerprint density at radius 3 is 2.76 bits per heavy atom. The van der Waals surface area contributed by atoms with Crippen LogP contribution in [0, 0.1) is 17.7 Å². The summed E-state index contributed by atoms with van der Waals surface area (Å²) in [4.78, 5) is 18.9. The van der Waals surface area contributed by atoms with Gasteiger partial charge < -0.3 is 10.4 Å². The maximum atomic E-state index is 13.4. The lowest BCUT2D eigenvalue weighted by Crippen LogP contribution is -2.49. The summed E-state index contributed by atoms with van der Waals surface area (Å²) in [7, 11) is 0. The van der Waals surface area contributed by atoms with Gasteiger partial charge in [0, 0.05) is 37.9 Å². The Bertz CT molecular complexity index is 832. The van der Waals surface area contributed by atoms with Crippen LogP contribution in [0.1, 0.15) is 30.5 Å². The van der Waals surface area contributed by atoms with Crippen LogP contribution in [0.25, 0.3) is 0 Å². The molecule has 1 aromatic heterocycles. The number of nitrogens with one attached hydrogen (secondary N) is 1. The number of halogens is 1. The monoisotopic (exact) mass is 397 g/mol. The molecule has 5 nitrogen and oxygen atoms in total. The lowest BCUT2D eigenvalue weighted by molar-refractivity contribution is -0.123. The van der Waals surface area contributed by atoms with Gasteiger partial charge in [0.05, 0.1) is 12.1 Å². The second-order valence-corrected chi connectivity index (χ2v) is 8.38. The number of aliphatic hydroxyl groups is 1. The quantitative estimate of drug-likeness (QED) is 0.786. The number of aliphatic hydroxyl groups excluding tert-OH is 1. The molecular formula is C23H28FN3O2. The number of amides is 1. The molecule has 1 aliphatic heterocycles. The zero-order chi connectivity index (χ0) is 20.2. The van der Waals surface area contributed by atoms with Crippen LogP contribution in [0.5, 0.6) is 0 Å². The van der Waals surface area contributed by atoms with Gasteiger partial charge >= 0.3 is 0 Å². The van der Waals surface area contributed by atoms with E-state index in [1.807, 2.05) is 24.3 Å².